The number of benzene rings is 2. The van der Waals surface area contributed by atoms with Crippen molar-refractivity contribution in [1.29, 1.82) is 0 Å². The summed E-state index contributed by atoms with van der Waals surface area (Å²) in [6, 6.07) is 19.9. The lowest BCUT2D eigenvalue weighted by Gasteiger charge is -2.11. The second-order valence-electron chi connectivity index (χ2n) is 4.32. The van der Waals surface area contributed by atoms with Gasteiger partial charge < -0.3 is 5.32 Å². The SMILES string of the molecule is c1ccc(CC2NCc3ccccc32)cc1. The van der Waals surface area contributed by atoms with Crippen molar-refractivity contribution in [2.75, 3.05) is 0 Å². The zero-order chi connectivity index (χ0) is 10.8. The molecule has 0 aromatic heterocycles. The zero-order valence-electron chi connectivity index (χ0n) is 9.19. The van der Waals surface area contributed by atoms with E-state index in [1.165, 1.54) is 16.7 Å². The minimum absolute atomic E-state index is 0.485. The molecule has 1 atom stereocenters. The van der Waals surface area contributed by atoms with Crippen LogP contribution in [0.15, 0.2) is 54.6 Å². The molecule has 2 aromatic rings. The van der Waals surface area contributed by atoms with E-state index in [2.05, 4.69) is 59.9 Å². The molecule has 0 saturated heterocycles. The fourth-order valence-electron chi connectivity index (χ4n) is 2.41. The molecule has 80 valence electrons. The van der Waals surface area contributed by atoms with Crippen LogP contribution in [0.2, 0.25) is 0 Å². The molecule has 16 heavy (non-hydrogen) atoms. The van der Waals surface area contributed by atoms with Gasteiger partial charge in [-0.25, -0.2) is 0 Å². The highest BCUT2D eigenvalue weighted by molar-refractivity contribution is 5.35. The summed E-state index contributed by atoms with van der Waals surface area (Å²) in [5, 5.41) is 3.57. The Morgan fingerprint density at radius 1 is 0.938 bits per heavy atom. The standard InChI is InChI=1S/C15H15N/c1-2-6-12(7-3-1)10-15-14-9-5-4-8-13(14)11-16-15/h1-9,15-16H,10-11H2. The van der Waals surface area contributed by atoms with Gasteiger partial charge in [0.1, 0.15) is 0 Å². The van der Waals surface area contributed by atoms with Crippen LogP contribution in [0, 0.1) is 0 Å². The predicted octanol–water partition coefficient (Wildman–Crippen LogP) is 3.07. The maximum absolute atomic E-state index is 3.57. The summed E-state index contributed by atoms with van der Waals surface area (Å²) in [6.45, 7) is 1.01. The maximum Gasteiger partial charge on any atom is 0.0367 e. The molecule has 0 aliphatic carbocycles. The van der Waals surface area contributed by atoms with Crippen molar-refractivity contribution in [2.24, 2.45) is 0 Å². The monoisotopic (exact) mass is 209 g/mol. The van der Waals surface area contributed by atoms with Crippen LogP contribution in [0.3, 0.4) is 0 Å². The predicted molar refractivity (Wildman–Crippen MR) is 66.2 cm³/mol. The van der Waals surface area contributed by atoms with E-state index in [4.69, 9.17) is 0 Å². The van der Waals surface area contributed by atoms with E-state index in [0.717, 1.165) is 13.0 Å². The van der Waals surface area contributed by atoms with Crippen molar-refractivity contribution in [3.05, 3.63) is 71.3 Å². The van der Waals surface area contributed by atoms with E-state index in [1.54, 1.807) is 0 Å². The average Bonchev–Trinajstić information content (AvgIpc) is 2.74. The Balaban J connectivity index is 1.84. The van der Waals surface area contributed by atoms with Crippen LogP contribution in [-0.2, 0) is 13.0 Å². The molecule has 0 spiro atoms. The first kappa shape index (κ1) is 9.61. The van der Waals surface area contributed by atoms with Gasteiger partial charge in [0.05, 0.1) is 0 Å². The lowest BCUT2D eigenvalue weighted by molar-refractivity contribution is 0.581. The molecule has 1 aliphatic rings. The van der Waals surface area contributed by atoms with Crippen LogP contribution in [0.5, 0.6) is 0 Å². The molecule has 1 heterocycles. The first-order chi connectivity index (χ1) is 7.93. The summed E-state index contributed by atoms with van der Waals surface area (Å²) in [4.78, 5) is 0. The molecule has 3 rings (SSSR count). The Hall–Kier alpha value is -1.60. The van der Waals surface area contributed by atoms with Gasteiger partial charge in [-0.1, -0.05) is 54.6 Å². The summed E-state index contributed by atoms with van der Waals surface area (Å²) in [5.74, 6) is 0. The lowest BCUT2D eigenvalue weighted by atomic mass is 9.99. The van der Waals surface area contributed by atoms with E-state index < -0.39 is 0 Å². The Morgan fingerprint density at radius 2 is 1.69 bits per heavy atom. The molecule has 1 N–H and O–H groups in total. The lowest BCUT2D eigenvalue weighted by Crippen LogP contribution is -2.14. The second kappa shape index (κ2) is 4.11. The topological polar surface area (TPSA) is 12.0 Å². The summed E-state index contributed by atoms with van der Waals surface area (Å²) < 4.78 is 0. The summed E-state index contributed by atoms with van der Waals surface area (Å²) in [5.41, 5.74) is 4.31. The third kappa shape index (κ3) is 1.74. The van der Waals surface area contributed by atoms with Gasteiger partial charge in [-0.3, -0.25) is 0 Å². The van der Waals surface area contributed by atoms with Crippen LogP contribution in [0.4, 0.5) is 0 Å². The average molecular weight is 209 g/mol. The molecule has 0 amide bonds. The highest BCUT2D eigenvalue weighted by Gasteiger charge is 2.20. The van der Waals surface area contributed by atoms with Crippen molar-refractivity contribution in [2.45, 2.75) is 19.0 Å². The Kier molecular flexibility index (Phi) is 2.47. The van der Waals surface area contributed by atoms with Crippen LogP contribution < -0.4 is 5.32 Å². The molecule has 1 unspecified atom stereocenters. The van der Waals surface area contributed by atoms with Crippen molar-refractivity contribution >= 4 is 0 Å². The highest BCUT2D eigenvalue weighted by atomic mass is 14.9. The van der Waals surface area contributed by atoms with Gasteiger partial charge in [0.15, 0.2) is 0 Å². The van der Waals surface area contributed by atoms with E-state index >= 15 is 0 Å². The molecule has 1 heteroatoms. The van der Waals surface area contributed by atoms with E-state index in [0.29, 0.717) is 6.04 Å². The molecule has 0 saturated carbocycles. The van der Waals surface area contributed by atoms with Gasteiger partial charge >= 0.3 is 0 Å². The number of hydrogen-bond acceptors (Lipinski definition) is 1. The summed E-state index contributed by atoms with van der Waals surface area (Å²) >= 11 is 0. The smallest absolute Gasteiger partial charge is 0.0367 e. The quantitative estimate of drug-likeness (QED) is 0.801. The van der Waals surface area contributed by atoms with Gasteiger partial charge in [-0.05, 0) is 23.1 Å². The van der Waals surface area contributed by atoms with Crippen molar-refractivity contribution in [3.8, 4) is 0 Å². The minimum Gasteiger partial charge on any atom is -0.306 e. The van der Waals surface area contributed by atoms with Gasteiger partial charge in [0.25, 0.3) is 0 Å². The van der Waals surface area contributed by atoms with Crippen LogP contribution >= 0.6 is 0 Å². The molecule has 0 bridgehead atoms. The number of hydrogen-bond donors (Lipinski definition) is 1. The Morgan fingerprint density at radius 3 is 2.56 bits per heavy atom. The minimum atomic E-state index is 0.485. The first-order valence-corrected chi connectivity index (χ1v) is 5.78. The van der Waals surface area contributed by atoms with Gasteiger partial charge in [0.2, 0.25) is 0 Å². The first-order valence-electron chi connectivity index (χ1n) is 5.78. The number of fused-ring (bicyclic) bond motifs is 1. The third-order valence-corrected chi connectivity index (χ3v) is 3.25. The normalized spacial score (nSPS) is 18.4. The molecular weight excluding hydrogens is 194 g/mol. The molecule has 1 nitrogen and oxygen atoms in total. The summed E-state index contributed by atoms with van der Waals surface area (Å²) in [7, 11) is 0. The molecule has 0 fully saturated rings. The molecule has 1 aliphatic heterocycles. The molecule has 2 aromatic carbocycles. The van der Waals surface area contributed by atoms with Crippen molar-refractivity contribution in [3.63, 3.8) is 0 Å². The van der Waals surface area contributed by atoms with Gasteiger partial charge in [0, 0.05) is 12.6 Å². The summed E-state index contributed by atoms with van der Waals surface area (Å²) in [6.07, 6.45) is 1.08. The zero-order valence-corrected chi connectivity index (χ0v) is 9.19. The molecule has 0 radical (unpaired) electrons. The Labute approximate surface area is 96.1 Å². The fraction of sp³-hybridized carbons (Fsp3) is 0.200. The van der Waals surface area contributed by atoms with Crippen LogP contribution in [0.25, 0.3) is 0 Å². The fourth-order valence-corrected chi connectivity index (χ4v) is 2.41. The largest absolute Gasteiger partial charge is 0.306 e. The van der Waals surface area contributed by atoms with Crippen LogP contribution in [-0.4, -0.2) is 0 Å². The highest BCUT2D eigenvalue weighted by Crippen LogP contribution is 2.27. The second-order valence-corrected chi connectivity index (χ2v) is 4.32. The number of nitrogens with one attached hydrogen (secondary N) is 1. The Bertz CT molecular complexity index is 476. The third-order valence-electron chi connectivity index (χ3n) is 3.25. The van der Waals surface area contributed by atoms with Gasteiger partial charge in [-0.2, -0.15) is 0 Å². The van der Waals surface area contributed by atoms with Crippen molar-refractivity contribution < 1.29 is 0 Å². The van der Waals surface area contributed by atoms with Crippen molar-refractivity contribution in [1.82, 2.24) is 5.32 Å². The van der Waals surface area contributed by atoms with Crippen LogP contribution in [0.1, 0.15) is 22.7 Å². The van der Waals surface area contributed by atoms with E-state index in [-0.39, 0.29) is 0 Å². The van der Waals surface area contributed by atoms with E-state index in [1.807, 2.05) is 0 Å². The maximum atomic E-state index is 3.57. The molecular formula is C15H15N. The number of rotatable bonds is 2. The van der Waals surface area contributed by atoms with E-state index in [9.17, 15) is 0 Å². The van der Waals surface area contributed by atoms with Gasteiger partial charge in [-0.15, -0.1) is 0 Å².